The second kappa shape index (κ2) is 5.64. The molecule has 0 aromatic rings. The Labute approximate surface area is 103 Å². The lowest BCUT2D eigenvalue weighted by molar-refractivity contribution is 0.308. The van der Waals surface area contributed by atoms with E-state index in [0.717, 1.165) is 31.9 Å². The summed E-state index contributed by atoms with van der Waals surface area (Å²) >= 11 is 0. The Balaban J connectivity index is 2.49. The van der Waals surface area contributed by atoms with E-state index in [4.69, 9.17) is 5.73 Å². The van der Waals surface area contributed by atoms with Crippen molar-refractivity contribution in [3.8, 4) is 0 Å². The number of rotatable bonds is 5. The molecule has 1 aliphatic carbocycles. The molecule has 0 radical (unpaired) electrons. The van der Waals surface area contributed by atoms with Crippen LogP contribution in [0.25, 0.3) is 0 Å². The van der Waals surface area contributed by atoms with E-state index in [1.165, 1.54) is 0 Å². The van der Waals surface area contributed by atoms with E-state index in [9.17, 15) is 16.8 Å². The van der Waals surface area contributed by atoms with Crippen molar-refractivity contribution >= 4 is 19.9 Å². The summed E-state index contributed by atoms with van der Waals surface area (Å²) in [4.78, 5) is 0. The molecular weight excluding hydrogens is 264 g/mol. The lowest BCUT2D eigenvalue weighted by Crippen LogP contribution is -2.42. The monoisotopic (exact) mass is 284 g/mol. The van der Waals surface area contributed by atoms with Crippen LogP contribution >= 0.6 is 0 Å². The van der Waals surface area contributed by atoms with Crippen molar-refractivity contribution in [2.45, 2.75) is 31.7 Å². The van der Waals surface area contributed by atoms with Crippen LogP contribution in [-0.2, 0) is 19.9 Å². The zero-order valence-corrected chi connectivity index (χ0v) is 11.6. The van der Waals surface area contributed by atoms with Gasteiger partial charge in [0.25, 0.3) is 0 Å². The second-order valence-corrected chi connectivity index (χ2v) is 9.03. The number of nitrogens with two attached hydrogens (primary N) is 1. The van der Waals surface area contributed by atoms with Gasteiger partial charge in [0.05, 0.1) is 0 Å². The van der Waals surface area contributed by atoms with Crippen molar-refractivity contribution in [2.75, 3.05) is 17.9 Å². The second-order valence-electron chi connectivity index (χ2n) is 4.72. The van der Waals surface area contributed by atoms with E-state index in [0.29, 0.717) is 0 Å². The maximum Gasteiger partial charge on any atom is 0.226 e. The summed E-state index contributed by atoms with van der Waals surface area (Å²) in [7, 11) is -7.29. The van der Waals surface area contributed by atoms with Crippen LogP contribution in [0.2, 0.25) is 0 Å². The molecule has 102 valence electrons. The highest BCUT2D eigenvalue weighted by molar-refractivity contribution is 8.06. The fraction of sp³-hybridized carbons (Fsp3) is 1.00. The first-order valence-electron chi connectivity index (χ1n) is 5.60. The Kier molecular flexibility index (Phi) is 4.94. The summed E-state index contributed by atoms with van der Waals surface area (Å²) in [6.45, 7) is 0.235. The highest BCUT2D eigenvalue weighted by Gasteiger charge is 2.24. The van der Waals surface area contributed by atoms with E-state index in [-0.39, 0.29) is 18.5 Å². The fourth-order valence-corrected chi connectivity index (χ4v) is 5.10. The van der Waals surface area contributed by atoms with Crippen molar-refractivity contribution in [1.29, 1.82) is 0 Å². The molecule has 8 heteroatoms. The molecule has 0 aromatic heterocycles. The van der Waals surface area contributed by atoms with Crippen molar-refractivity contribution in [3.63, 3.8) is 0 Å². The van der Waals surface area contributed by atoms with Gasteiger partial charge in [0, 0.05) is 18.8 Å². The van der Waals surface area contributed by atoms with Gasteiger partial charge in [-0.25, -0.2) is 21.6 Å². The van der Waals surface area contributed by atoms with Gasteiger partial charge in [0.15, 0.2) is 14.9 Å². The highest BCUT2D eigenvalue weighted by atomic mass is 32.3. The molecule has 0 saturated heterocycles. The van der Waals surface area contributed by atoms with Crippen LogP contribution in [0.1, 0.15) is 25.7 Å². The number of hydrogen-bond acceptors (Lipinski definition) is 5. The average molecular weight is 284 g/mol. The molecule has 1 aliphatic rings. The van der Waals surface area contributed by atoms with Gasteiger partial charge in [-0.05, 0) is 18.8 Å². The van der Waals surface area contributed by atoms with Gasteiger partial charge in [-0.1, -0.05) is 12.8 Å². The molecule has 2 atom stereocenters. The minimum atomic E-state index is -3.76. The Morgan fingerprint density at radius 3 is 2.29 bits per heavy atom. The lowest BCUT2D eigenvalue weighted by atomic mass is 9.85. The summed E-state index contributed by atoms with van der Waals surface area (Å²) in [5, 5.41) is -0.859. The maximum atomic E-state index is 11.5. The molecule has 6 nitrogen and oxygen atoms in total. The minimum absolute atomic E-state index is 0.00434. The molecule has 0 spiro atoms. The molecular formula is C9H20N2O4S2. The van der Waals surface area contributed by atoms with Crippen LogP contribution in [0.5, 0.6) is 0 Å². The SMILES string of the molecule is CS(=O)(=O)CS(=O)(=O)NCC1CCCCC1N. The van der Waals surface area contributed by atoms with Crippen LogP contribution in [-0.4, -0.2) is 40.8 Å². The van der Waals surface area contributed by atoms with E-state index >= 15 is 0 Å². The molecule has 0 aliphatic heterocycles. The summed E-state index contributed by atoms with van der Waals surface area (Å²) < 4.78 is 47.1. The van der Waals surface area contributed by atoms with Crippen LogP contribution in [0.4, 0.5) is 0 Å². The quantitative estimate of drug-likeness (QED) is 0.703. The fourth-order valence-electron chi connectivity index (χ4n) is 2.05. The smallest absolute Gasteiger partial charge is 0.226 e. The Hall–Kier alpha value is -0.180. The maximum absolute atomic E-state index is 11.5. The molecule has 0 heterocycles. The molecule has 1 saturated carbocycles. The summed E-state index contributed by atoms with van der Waals surface area (Å²) in [6, 6.07) is 0.00434. The zero-order valence-electron chi connectivity index (χ0n) is 9.92. The Morgan fingerprint density at radius 1 is 1.18 bits per heavy atom. The lowest BCUT2D eigenvalue weighted by Gasteiger charge is -2.28. The topological polar surface area (TPSA) is 106 Å². The molecule has 2 unspecified atom stereocenters. The van der Waals surface area contributed by atoms with Gasteiger partial charge in [-0.3, -0.25) is 0 Å². The van der Waals surface area contributed by atoms with Crippen molar-refractivity contribution < 1.29 is 16.8 Å². The van der Waals surface area contributed by atoms with Gasteiger partial charge in [-0.2, -0.15) is 0 Å². The molecule has 0 aromatic carbocycles. The predicted octanol–water partition coefficient (Wildman–Crippen LogP) is -0.575. The molecule has 0 bridgehead atoms. The standard InChI is InChI=1S/C9H20N2O4S2/c1-16(12,13)7-17(14,15)11-6-8-4-2-3-5-9(8)10/h8-9,11H,2-7,10H2,1H3. The molecule has 1 rings (SSSR count). The Bertz CT molecular complexity index is 444. The van der Waals surface area contributed by atoms with Crippen molar-refractivity contribution in [3.05, 3.63) is 0 Å². The first-order chi connectivity index (χ1) is 7.70. The number of nitrogens with one attached hydrogen (secondary N) is 1. The van der Waals surface area contributed by atoms with E-state index < -0.39 is 24.9 Å². The van der Waals surface area contributed by atoms with Crippen LogP contribution in [0.3, 0.4) is 0 Å². The van der Waals surface area contributed by atoms with Crippen molar-refractivity contribution in [1.82, 2.24) is 4.72 Å². The number of sulfone groups is 1. The highest BCUT2D eigenvalue weighted by Crippen LogP contribution is 2.22. The third-order valence-electron chi connectivity index (χ3n) is 2.90. The molecule has 3 N–H and O–H groups in total. The summed E-state index contributed by atoms with van der Waals surface area (Å²) in [5.41, 5.74) is 5.88. The predicted molar refractivity (Wildman–Crippen MR) is 66.6 cm³/mol. The van der Waals surface area contributed by atoms with Gasteiger partial charge < -0.3 is 5.73 Å². The normalized spacial score (nSPS) is 26.9. The molecule has 17 heavy (non-hydrogen) atoms. The van der Waals surface area contributed by atoms with Crippen molar-refractivity contribution in [2.24, 2.45) is 11.7 Å². The number of sulfonamides is 1. The largest absolute Gasteiger partial charge is 0.327 e. The van der Waals surface area contributed by atoms with Gasteiger partial charge in [0.1, 0.15) is 0 Å². The minimum Gasteiger partial charge on any atom is -0.327 e. The van der Waals surface area contributed by atoms with Gasteiger partial charge in [0.2, 0.25) is 10.0 Å². The van der Waals surface area contributed by atoms with E-state index in [1.807, 2.05) is 0 Å². The van der Waals surface area contributed by atoms with E-state index in [1.54, 1.807) is 0 Å². The van der Waals surface area contributed by atoms with Gasteiger partial charge >= 0.3 is 0 Å². The Morgan fingerprint density at radius 2 is 1.76 bits per heavy atom. The third kappa shape index (κ3) is 5.80. The molecule has 1 fully saturated rings. The van der Waals surface area contributed by atoms with Crippen LogP contribution in [0, 0.1) is 5.92 Å². The first kappa shape index (κ1) is 14.9. The third-order valence-corrected chi connectivity index (χ3v) is 6.46. The summed E-state index contributed by atoms with van der Waals surface area (Å²) in [5.74, 6) is 0.109. The first-order valence-corrected chi connectivity index (χ1v) is 9.31. The van der Waals surface area contributed by atoms with Crippen LogP contribution in [0.15, 0.2) is 0 Å². The van der Waals surface area contributed by atoms with Gasteiger partial charge in [-0.15, -0.1) is 0 Å². The molecule has 0 amide bonds. The van der Waals surface area contributed by atoms with E-state index in [2.05, 4.69) is 4.72 Å². The summed E-state index contributed by atoms with van der Waals surface area (Å²) in [6.07, 6.45) is 4.82. The average Bonchev–Trinajstić information content (AvgIpc) is 2.13. The van der Waals surface area contributed by atoms with Crippen LogP contribution < -0.4 is 10.5 Å². The zero-order chi connectivity index (χ0) is 13.1. The number of hydrogen-bond donors (Lipinski definition) is 2.